The van der Waals surface area contributed by atoms with E-state index in [0.717, 1.165) is 6.42 Å². The van der Waals surface area contributed by atoms with Gasteiger partial charge in [-0.05, 0) is 12.8 Å². The van der Waals surface area contributed by atoms with Crippen LogP contribution in [0.2, 0.25) is 0 Å². The molecule has 0 aromatic heterocycles. The summed E-state index contributed by atoms with van der Waals surface area (Å²) in [6, 6.07) is 0. The van der Waals surface area contributed by atoms with Gasteiger partial charge in [0.15, 0.2) is 0 Å². The van der Waals surface area contributed by atoms with E-state index in [0.29, 0.717) is 24.8 Å². The Balaban J connectivity index is 3.70. The van der Waals surface area contributed by atoms with Crippen molar-refractivity contribution < 1.29 is 14.3 Å². The molecule has 0 aromatic rings. The highest BCUT2D eigenvalue weighted by atomic mass is 16.5. The summed E-state index contributed by atoms with van der Waals surface area (Å²) in [7, 11) is 1.31. The first kappa shape index (κ1) is 11.9. The van der Waals surface area contributed by atoms with E-state index < -0.39 is 5.97 Å². The standard InChI is InChI=1S/C10H16O3/c1-4-5-9(11)7-6-8(2)10(12)13-3/h2,4-7H2,1,3H3. The largest absolute Gasteiger partial charge is 0.466 e. The van der Waals surface area contributed by atoms with Crippen LogP contribution in [0, 0.1) is 0 Å². The van der Waals surface area contributed by atoms with Gasteiger partial charge in [0.25, 0.3) is 0 Å². The summed E-state index contributed by atoms with van der Waals surface area (Å²) >= 11 is 0. The van der Waals surface area contributed by atoms with Crippen LogP contribution in [0.4, 0.5) is 0 Å². The summed E-state index contributed by atoms with van der Waals surface area (Å²) < 4.78 is 4.45. The van der Waals surface area contributed by atoms with Gasteiger partial charge in [-0.25, -0.2) is 4.79 Å². The molecule has 0 aromatic carbocycles. The maximum atomic E-state index is 11.1. The minimum atomic E-state index is -0.427. The van der Waals surface area contributed by atoms with E-state index in [-0.39, 0.29) is 5.78 Å². The Morgan fingerprint density at radius 1 is 1.23 bits per heavy atom. The van der Waals surface area contributed by atoms with Crippen LogP contribution in [0.5, 0.6) is 0 Å². The molecular formula is C10H16O3. The Morgan fingerprint density at radius 2 is 1.85 bits per heavy atom. The Morgan fingerprint density at radius 3 is 2.31 bits per heavy atom. The topological polar surface area (TPSA) is 43.4 Å². The highest BCUT2D eigenvalue weighted by molar-refractivity contribution is 5.89. The quantitative estimate of drug-likeness (QED) is 0.467. The van der Waals surface area contributed by atoms with E-state index in [2.05, 4.69) is 11.3 Å². The summed E-state index contributed by atoms with van der Waals surface area (Å²) in [4.78, 5) is 21.9. The van der Waals surface area contributed by atoms with Crippen LogP contribution in [0.25, 0.3) is 0 Å². The average Bonchev–Trinajstić information content (AvgIpc) is 2.13. The molecule has 0 saturated heterocycles. The second-order valence-corrected chi connectivity index (χ2v) is 2.88. The third-order valence-corrected chi connectivity index (χ3v) is 1.71. The van der Waals surface area contributed by atoms with E-state index >= 15 is 0 Å². The van der Waals surface area contributed by atoms with E-state index in [1.165, 1.54) is 7.11 Å². The molecule has 0 heterocycles. The summed E-state index contributed by atoms with van der Waals surface area (Å²) in [5.74, 6) is -0.253. The maximum Gasteiger partial charge on any atom is 0.333 e. The fraction of sp³-hybridized carbons (Fsp3) is 0.600. The Hall–Kier alpha value is -1.12. The number of carbonyl (C=O) groups is 2. The molecule has 0 aliphatic heterocycles. The van der Waals surface area contributed by atoms with Crippen molar-refractivity contribution in [1.29, 1.82) is 0 Å². The van der Waals surface area contributed by atoms with Gasteiger partial charge in [-0.1, -0.05) is 13.5 Å². The maximum absolute atomic E-state index is 11.1. The molecule has 13 heavy (non-hydrogen) atoms. The number of esters is 1. The monoisotopic (exact) mass is 184 g/mol. The highest BCUT2D eigenvalue weighted by Crippen LogP contribution is 2.06. The van der Waals surface area contributed by atoms with Crippen LogP contribution in [0.1, 0.15) is 32.6 Å². The van der Waals surface area contributed by atoms with Crippen LogP contribution < -0.4 is 0 Å². The van der Waals surface area contributed by atoms with Gasteiger partial charge in [0.05, 0.1) is 7.11 Å². The first-order valence-electron chi connectivity index (χ1n) is 4.39. The number of Topliss-reactive ketones (excluding diaryl/α,β-unsaturated/α-hetero) is 1. The Labute approximate surface area is 78.8 Å². The molecule has 3 heteroatoms. The fourth-order valence-corrected chi connectivity index (χ4v) is 0.941. The average molecular weight is 184 g/mol. The van der Waals surface area contributed by atoms with Gasteiger partial charge in [-0.3, -0.25) is 4.79 Å². The first-order valence-corrected chi connectivity index (χ1v) is 4.39. The number of ether oxygens (including phenoxy) is 1. The Kier molecular flexibility index (Phi) is 5.85. The lowest BCUT2D eigenvalue weighted by Crippen LogP contribution is -2.06. The molecule has 0 aliphatic rings. The zero-order valence-corrected chi connectivity index (χ0v) is 8.26. The van der Waals surface area contributed by atoms with Gasteiger partial charge < -0.3 is 4.74 Å². The number of methoxy groups -OCH3 is 1. The molecule has 0 saturated carbocycles. The van der Waals surface area contributed by atoms with Crippen molar-refractivity contribution in [2.75, 3.05) is 7.11 Å². The molecule has 0 radical (unpaired) electrons. The highest BCUT2D eigenvalue weighted by Gasteiger charge is 2.08. The van der Waals surface area contributed by atoms with Crippen molar-refractivity contribution in [3.8, 4) is 0 Å². The van der Waals surface area contributed by atoms with Crippen molar-refractivity contribution in [3.05, 3.63) is 12.2 Å². The summed E-state index contributed by atoms with van der Waals surface area (Å²) in [6.45, 7) is 5.48. The smallest absolute Gasteiger partial charge is 0.333 e. The fourth-order valence-electron chi connectivity index (χ4n) is 0.941. The zero-order valence-electron chi connectivity index (χ0n) is 8.26. The molecule has 0 N–H and O–H groups in total. The molecule has 0 fully saturated rings. The molecule has 0 bridgehead atoms. The van der Waals surface area contributed by atoms with Crippen molar-refractivity contribution in [2.45, 2.75) is 32.6 Å². The van der Waals surface area contributed by atoms with Crippen molar-refractivity contribution in [2.24, 2.45) is 0 Å². The number of hydrogen-bond acceptors (Lipinski definition) is 3. The van der Waals surface area contributed by atoms with E-state index in [4.69, 9.17) is 0 Å². The van der Waals surface area contributed by atoms with Gasteiger partial charge in [0.2, 0.25) is 0 Å². The van der Waals surface area contributed by atoms with Gasteiger partial charge in [-0.15, -0.1) is 0 Å². The third-order valence-electron chi connectivity index (χ3n) is 1.71. The minimum Gasteiger partial charge on any atom is -0.466 e. The first-order chi connectivity index (χ1) is 6.11. The van der Waals surface area contributed by atoms with Crippen LogP contribution in [-0.2, 0) is 14.3 Å². The van der Waals surface area contributed by atoms with Crippen LogP contribution >= 0.6 is 0 Å². The predicted molar refractivity (Wildman–Crippen MR) is 50.3 cm³/mol. The van der Waals surface area contributed by atoms with E-state index in [9.17, 15) is 9.59 Å². The molecule has 74 valence electrons. The third kappa shape index (κ3) is 5.17. The summed E-state index contributed by atoms with van der Waals surface area (Å²) in [5, 5.41) is 0. The molecule has 0 aliphatic carbocycles. The van der Waals surface area contributed by atoms with Crippen LogP contribution in [0.15, 0.2) is 12.2 Å². The van der Waals surface area contributed by atoms with Crippen LogP contribution in [0.3, 0.4) is 0 Å². The van der Waals surface area contributed by atoms with Crippen LogP contribution in [-0.4, -0.2) is 18.9 Å². The molecule has 0 spiro atoms. The van der Waals surface area contributed by atoms with Crippen molar-refractivity contribution >= 4 is 11.8 Å². The molecule has 3 nitrogen and oxygen atoms in total. The summed E-state index contributed by atoms with van der Waals surface area (Å²) in [6.07, 6.45) is 2.23. The normalized spacial score (nSPS) is 9.38. The molecule has 0 atom stereocenters. The SMILES string of the molecule is C=C(CCC(=O)CCC)C(=O)OC. The minimum absolute atomic E-state index is 0.174. The van der Waals surface area contributed by atoms with Crippen molar-refractivity contribution in [1.82, 2.24) is 0 Å². The number of ketones is 1. The number of carbonyl (C=O) groups excluding carboxylic acids is 2. The molecule has 0 amide bonds. The second-order valence-electron chi connectivity index (χ2n) is 2.88. The van der Waals surface area contributed by atoms with Gasteiger partial charge in [0, 0.05) is 18.4 Å². The van der Waals surface area contributed by atoms with Gasteiger partial charge >= 0.3 is 5.97 Å². The zero-order chi connectivity index (χ0) is 10.3. The lowest BCUT2D eigenvalue weighted by Gasteiger charge is -2.01. The predicted octanol–water partition coefficient (Wildman–Crippen LogP) is 1.86. The van der Waals surface area contributed by atoms with E-state index in [1.807, 2.05) is 6.92 Å². The van der Waals surface area contributed by atoms with E-state index in [1.54, 1.807) is 0 Å². The molecular weight excluding hydrogens is 168 g/mol. The number of hydrogen-bond donors (Lipinski definition) is 0. The molecule has 0 rings (SSSR count). The summed E-state index contributed by atoms with van der Waals surface area (Å²) in [5.41, 5.74) is 0.368. The lowest BCUT2D eigenvalue weighted by atomic mass is 10.1. The Bertz CT molecular complexity index is 206. The van der Waals surface area contributed by atoms with Crippen molar-refractivity contribution in [3.63, 3.8) is 0 Å². The number of rotatable bonds is 6. The second kappa shape index (κ2) is 6.40. The lowest BCUT2D eigenvalue weighted by molar-refractivity contribution is -0.136. The van der Waals surface area contributed by atoms with Gasteiger partial charge in [0.1, 0.15) is 5.78 Å². The van der Waals surface area contributed by atoms with Gasteiger partial charge in [-0.2, -0.15) is 0 Å². The molecule has 0 unspecified atom stereocenters.